The predicted molar refractivity (Wildman–Crippen MR) is 105 cm³/mol. The Morgan fingerprint density at radius 3 is 2.66 bits per heavy atom. The third kappa shape index (κ3) is 4.11. The number of nitrogens with zero attached hydrogens (tertiary/aromatic N) is 2. The van der Waals surface area contributed by atoms with Gasteiger partial charge in [-0.25, -0.2) is 9.07 Å². The molecule has 0 bridgehead atoms. The quantitative estimate of drug-likeness (QED) is 0.673. The van der Waals surface area contributed by atoms with Crippen LogP contribution in [0.1, 0.15) is 33.7 Å². The lowest BCUT2D eigenvalue weighted by Gasteiger charge is -2.12. The van der Waals surface area contributed by atoms with Crippen LogP contribution in [0.2, 0.25) is 0 Å². The van der Waals surface area contributed by atoms with Crippen molar-refractivity contribution >= 4 is 17.5 Å². The van der Waals surface area contributed by atoms with Gasteiger partial charge in [0, 0.05) is 12.2 Å². The van der Waals surface area contributed by atoms with Crippen molar-refractivity contribution in [3.8, 4) is 11.4 Å². The average Bonchev–Trinajstić information content (AvgIpc) is 3.40. The van der Waals surface area contributed by atoms with E-state index in [1.54, 1.807) is 36.4 Å². The van der Waals surface area contributed by atoms with Gasteiger partial charge in [-0.3, -0.25) is 9.59 Å². The highest BCUT2D eigenvalue weighted by Gasteiger charge is 2.25. The molecule has 2 aromatic carbocycles. The van der Waals surface area contributed by atoms with Crippen molar-refractivity contribution in [3.05, 3.63) is 71.8 Å². The Morgan fingerprint density at radius 1 is 1.14 bits per heavy atom. The number of carbonyl (C=O) groups excluding carboxylic acids is 2. The number of nitrogens with one attached hydrogen (secondary N) is 2. The van der Waals surface area contributed by atoms with Crippen LogP contribution >= 0.6 is 0 Å². The molecule has 3 aromatic rings. The van der Waals surface area contributed by atoms with Gasteiger partial charge in [0.25, 0.3) is 11.8 Å². The summed E-state index contributed by atoms with van der Waals surface area (Å²) in [5, 5.41) is 9.75. The van der Waals surface area contributed by atoms with E-state index in [4.69, 9.17) is 4.74 Å². The van der Waals surface area contributed by atoms with Crippen LogP contribution in [0.15, 0.2) is 54.7 Å². The molecule has 1 saturated carbocycles. The van der Waals surface area contributed by atoms with Crippen LogP contribution in [0.4, 0.5) is 10.1 Å². The highest BCUT2D eigenvalue weighted by molar-refractivity contribution is 6.08. The predicted octanol–water partition coefficient (Wildman–Crippen LogP) is 3.16. The largest absolute Gasteiger partial charge is 0.497 e. The maximum atomic E-state index is 13.9. The molecular weight excluding hydrogens is 375 g/mol. The van der Waals surface area contributed by atoms with E-state index in [0.717, 1.165) is 12.8 Å². The highest BCUT2D eigenvalue weighted by atomic mass is 19.1. The summed E-state index contributed by atoms with van der Waals surface area (Å²) in [6.45, 7) is 0. The highest BCUT2D eigenvalue weighted by Crippen LogP contribution is 2.25. The van der Waals surface area contributed by atoms with Crippen molar-refractivity contribution in [1.82, 2.24) is 15.1 Å². The second-order valence-electron chi connectivity index (χ2n) is 6.71. The van der Waals surface area contributed by atoms with Gasteiger partial charge in [0.1, 0.15) is 17.3 Å². The number of hydrogen-bond donors (Lipinski definition) is 2. The molecule has 8 heteroatoms. The van der Waals surface area contributed by atoms with Gasteiger partial charge in [-0.1, -0.05) is 12.1 Å². The third-order valence-corrected chi connectivity index (χ3v) is 4.55. The van der Waals surface area contributed by atoms with Gasteiger partial charge in [-0.05, 0) is 49.2 Å². The van der Waals surface area contributed by atoms with Crippen LogP contribution in [-0.2, 0) is 0 Å². The van der Waals surface area contributed by atoms with Crippen molar-refractivity contribution in [1.29, 1.82) is 0 Å². The Kier molecular flexibility index (Phi) is 4.99. The molecule has 2 N–H and O–H groups in total. The fraction of sp³-hybridized carbons (Fsp3) is 0.190. The Labute approximate surface area is 166 Å². The molecule has 1 aliphatic rings. The second-order valence-corrected chi connectivity index (χ2v) is 6.71. The fourth-order valence-corrected chi connectivity index (χ4v) is 2.84. The maximum Gasteiger partial charge on any atom is 0.276 e. The molecule has 0 atom stereocenters. The van der Waals surface area contributed by atoms with Gasteiger partial charge < -0.3 is 15.4 Å². The van der Waals surface area contributed by atoms with Gasteiger partial charge in [-0.2, -0.15) is 5.10 Å². The Bertz CT molecular complexity index is 1080. The summed E-state index contributed by atoms with van der Waals surface area (Å²) in [7, 11) is 1.51. The number of benzene rings is 2. The van der Waals surface area contributed by atoms with Crippen LogP contribution in [0.3, 0.4) is 0 Å². The van der Waals surface area contributed by atoms with Crippen molar-refractivity contribution in [2.24, 2.45) is 0 Å². The zero-order valence-corrected chi connectivity index (χ0v) is 15.7. The summed E-state index contributed by atoms with van der Waals surface area (Å²) in [5.74, 6) is -0.728. The van der Waals surface area contributed by atoms with E-state index in [1.165, 1.54) is 30.1 Å². The van der Waals surface area contributed by atoms with Crippen LogP contribution in [0.25, 0.3) is 5.69 Å². The first kappa shape index (κ1) is 18.7. The molecule has 0 radical (unpaired) electrons. The number of ether oxygens (including phenoxy) is 1. The first-order valence-electron chi connectivity index (χ1n) is 9.16. The monoisotopic (exact) mass is 394 g/mol. The van der Waals surface area contributed by atoms with E-state index in [1.807, 2.05) is 0 Å². The number of para-hydroxylation sites is 1. The van der Waals surface area contributed by atoms with E-state index in [9.17, 15) is 14.0 Å². The summed E-state index contributed by atoms with van der Waals surface area (Å²) >= 11 is 0. The summed E-state index contributed by atoms with van der Waals surface area (Å²) < 4.78 is 20.4. The van der Waals surface area contributed by atoms with Crippen molar-refractivity contribution in [3.63, 3.8) is 0 Å². The Balaban J connectivity index is 1.57. The number of rotatable bonds is 6. The fourth-order valence-electron chi connectivity index (χ4n) is 2.84. The van der Waals surface area contributed by atoms with E-state index in [0.29, 0.717) is 17.0 Å². The molecule has 1 fully saturated rings. The van der Waals surface area contributed by atoms with E-state index < -0.39 is 11.7 Å². The molecule has 2 amide bonds. The minimum absolute atomic E-state index is 0.0950. The minimum atomic E-state index is -0.509. The molecule has 148 valence electrons. The number of carbonyl (C=O) groups is 2. The lowest BCUT2D eigenvalue weighted by Crippen LogP contribution is -2.27. The van der Waals surface area contributed by atoms with Gasteiger partial charge in [0.15, 0.2) is 5.69 Å². The normalized spacial score (nSPS) is 13.0. The van der Waals surface area contributed by atoms with E-state index in [2.05, 4.69) is 15.7 Å². The molecule has 0 aliphatic heterocycles. The number of amides is 2. The van der Waals surface area contributed by atoms with E-state index in [-0.39, 0.29) is 23.3 Å². The molecule has 1 aromatic heterocycles. The topological polar surface area (TPSA) is 85.2 Å². The number of halogens is 1. The molecule has 1 heterocycles. The molecule has 4 rings (SSSR count). The van der Waals surface area contributed by atoms with Gasteiger partial charge in [0.2, 0.25) is 0 Å². The minimum Gasteiger partial charge on any atom is -0.497 e. The zero-order chi connectivity index (χ0) is 20.4. The standard InChI is InChI=1S/C21H19FN4O3/c1-29-14-8-9-17(15(12-14)20(27)23-13-6-7-13)24-21(28)18-10-11-26(25-18)19-5-3-2-4-16(19)22/h2-5,8-13H,6-7H2,1H3,(H,23,27)(H,24,28). The van der Waals surface area contributed by atoms with Gasteiger partial charge in [0.05, 0.1) is 18.4 Å². The van der Waals surface area contributed by atoms with Crippen molar-refractivity contribution < 1.29 is 18.7 Å². The SMILES string of the molecule is COc1ccc(NC(=O)c2ccn(-c3ccccc3F)n2)c(C(=O)NC2CC2)c1. The maximum absolute atomic E-state index is 13.9. The molecule has 7 nitrogen and oxygen atoms in total. The lowest BCUT2D eigenvalue weighted by atomic mass is 10.1. The molecular formula is C21H19FN4O3. The second kappa shape index (κ2) is 7.75. The molecule has 1 aliphatic carbocycles. The van der Waals surface area contributed by atoms with Gasteiger partial charge in [-0.15, -0.1) is 0 Å². The molecule has 0 unspecified atom stereocenters. The summed E-state index contributed by atoms with van der Waals surface area (Å²) in [6.07, 6.45) is 3.40. The Hall–Kier alpha value is -3.68. The van der Waals surface area contributed by atoms with Crippen LogP contribution in [-0.4, -0.2) is 34.7 Å². The number of anilines is 1. The molecule has 0 spiro atoms. The summed E-state index contributed by atoms with van der Waals surface area (Å²) in [5.41, 5.74) is 0.977. The zero-order valence-electron chi connectivity index (χ0n) is 15.7. The third-order valence-electron chi connectivity index (χ3n) is 4.55. The van der Waals surface area contributed by atoms with Gasteiger partial charge >= 0.3 is 0 Å². The first-order valence-corrected chi connectivity index (χ1v) is 9.16. The number of hydrogen-bond acceptors (Lipinski definition) is 4. The van der Waals surface area contributed by atoms with Crippen molar-refractivity contribution in [2.75, 3.05) is 12.4 Å². The number of methoxy groups -OCH3 is 1. The van der Waals surface area contributed by atoms with Crippen LogP contribution in [0.5, 0.6) is 5.75 Å². The van der Waals surface area contributed by atoms with E-state index >= 15 is 0 Å². The van der Waals surface area contributed by atoms with Crippen LogP contribution < -0.4 is 15.4 Å². The smallest absolute Gasteiger partial charge is 0.276 e. The summed E-state index contributed by atoms with van der Waals surface area (Å²) in [4.78, 5) is 25.2. The first-order chi connectivity index (χ1) is 14.0. The van der Waals surface area contributed by atoms with Crippen molar-refractivity contribution in [2.45, 2.75) is 18.9 Å². The molecule has 29 heavy (non-hydrogen) atoms. The van der Waals surface area contributed by atoms with Crippen LogP contribution in [0, 0.1) is 5.82 Å². The Morgan fingerprint density at radius 2 is 1.93 bits per heavy atom. The molecule has 0 saturated heterocycles. The average molecular weight is 394 g/mol. The number of aromatic nitrogens is 2. The summed E-state index contributed by atoms with van der Waals surface area (Å²) in [6, 6.07) is 12.6. The lowest BCUT2D eigenvalue weighted by molar-refractivity contribution is 0.0951.